The monoisotopic (exact) mass is 264 g/mol. The minimum absolute atomic E-state index is 0.303. The van der Waals surface area contributed by atoms with Crippen LogP contribution in [0.2, 0.25) is 0 Å². The van der Waals surface area contributed by atoms with Gasteiger partial charge in [-0.25, -0.2) is 9.97 Å². The first-order chi connectivity index (χ1) is 8.86. The van der Waals surface area contributed by atoms with Gasteiger partial charge < -0.3 is 10.6 Å². The van der Waals surface area contributed by atoms with Crippen LogP contribution in [0.1, 0.15) is 46.6 Å². The third kappa shape index (κ3) is 4.69. The van der Waals surface area contributed by atoms with Crippen LogP contribution in [0.25, 0.3) is 0 Å². The third-order valence-electron chi connectivity index (χ3n) is 3.68. The van der Waals surface area contributed by atoms with Crippen molar-refractivity contribution in [3.8, 4) is 0 Å². The molecule has 1 unspecified atom stereocenters. The van der Waals surface area contributed by atoms with Gasteiger partial charge in [0.1, 0.15) is 18.0 Å². The van der Waals surface area contributed by atoms with Crippen LogP contribution in [-0.4, -0.2) is 23.1 Å². The average Bonchev–Trinajstić information content (AvgIpc) is 2.34. The molecule has 1 aromatic rings. The zero-order valence-corrected chi connectivity index (χ0v) is 13.2. The van der Waals surface area contributed by atoms with E-state index in [-0.39, 0.29) is 0 Å². The van der Waals surface area contributed by atoms with Crippen LogP contribution in [0.4, 0.5) is 11.6 Å². The summed E-state index contributed by atoms with van der Waals surface area (Å²) in [5, 5.41) is 6.77. The number of anilines is 2. The highest BCUT2D eigenvalue weighted by atomic mass is 15.1. The second kappa shape index (κ2) is 6.73. The summed E-state index contributed by atoms with van der Waals surface area (Å²) in [6, 6.07) is 0. The van der Waals surface area contributed by atoms with Crippen LogP contribution in [0, 0.1) is 18.3 Å². The van der Waals surface area contributed by atoms with Gasteiger partial charge in [0.25, 0.3) is 0 Å². The fraction of sp³-hybridized carbons (Fsp3) is 0.733. The van der Waals surface area contributed by atoms with Crippen molar-refractivity contribution in [2.24, 2.45) is 11.3 Å². The van der Waals surface area contributed by atoms with Crippen LogP contribution in [0.3, 0.4) is 0 Å². The maximum Gasteiger partial charge on any atom is 0.134 e. The van der Waals surface area contributed by atoms with Crippen LogP contribution in [-0.2, 0) is 0 Å². The van der Waals surface area contributed by atoms with Crippen molar-refractivity contribution in [2.45, 2.75) is 48.0 Å². The summed E-state index contributed by atoms with van der Waals surface area (Å²) in [5.74, 6) is 2.45. The predicted octanol–water partition coefficient (Wildman–Crippen LogP) is 3.70. The lowest BCUT2D eigenvalue weighted by molar-refractivity contribution is 0.274. The molecular formula is C15H28N4. The van der Waals surface area contributed by atoms with Gasteiger partial charge in [-0.1, -0.05) is 34.6 Å². The molecule has 0 saturated carbocycles. The predicted molar refractivity (Wildman–Crippen MR) is 82.7 cm³/mol. The number of aromatic nitrogens is 2. The van der Waals surface area contributed by atoms with Crippen molar-refractivity contribution >= 4 is 11.6 Å². The maximum absolute atomic E-state index is 4.34. The molecule has 0 bridgehead atoms. The minimum Gasteiger partial charge on any atom is -0.370 e. The zero-order chi connectivity index (χ0) is 14.5. The van der Waals surface area contributed by atoms with Crippen molar-refractivity contribution in [1.82, 2.24) is 9.97 Å². The minimum atomic E-state index is 0.303. The highest BCUT2D eigenvalue weighted by molar-refractivity contribution is 5.56. The summed E-state index contributed by atoms with van der Waals surface area (Å²) in [5.41, 5.74) is 1.40. The molecule has 0 aliphatic carbocycles. The number of nitrogens with zero attached hydrogens (tertiary/aromatic N) is 2. The molecular weight excluding hydrogens is 236 g/mol. The molecule has 2 N–H and O–H groups in total. The highest BCUT2D eigenvalue weighted by Gasteiger charge is 2.20. The van der Waals surface area contributed by atoms with E-state index < -0.39 is 0 Å². The number of nitrogens with one attached hydrogen (secondary N) is 2. The molecule has 0 spiro atoms. The lowest BCUT2D eigenvalue weighted by atomic mass is 9.82. The van der Waals surface area contributed by atoms with E-state index in [9.17, 15) is 0 Å². The van der Waals surface area contributed by atoms with E-state index in [2.05, 4.69) is 62.1 Å². The SMILES string of the molecule is CCCNc1ncnc(NCC(C)C(C)(C)C)c1C. The quantitative estimate of drug-likeness (QED) is 0.822. The molecule has 108 valence electrons. The van der Waals surface area contributed by atoms with Gasteiger partial charge in [-0.05, 0) is 24.7 Å². The number of rotatable bonds is 6. The van der Waals surface area contributed by atoms with E-state index in [1.165, 1.54) is 0 Å². The Hall–Kier alpha value is -1.32. The Kier molecular flexibility index (Phi) is 5.58. The highest BCUT2D eigenvalue weighted by Crippen LogP contribution is 2.26. The van der Waals surface area contributed by atoms with Gasteiger partial charge in [0, 0.05) is 18.7 Å². The summed E-state index contributed by atoms with van der Waals surface area (Å²) >= 11 is 0. The van der Waals surface area contributed by atoms with E-state index in [1.807, 2.05) is 0 Å². The topological polar surface area (TPSA) is 49.8 Å². The van der Waals surface area contributed by atoms with Crippen LogP contribution in [0.15, 0.2) is 6.33 Å². The molecule has 1 rings (SSSR count). The molecule has 4 heteroatoms. The summed E-state index contributed by atoms with van der Waals surface area (Å²) in [6.45, 7) is 15.1. The Bertz CT molecular complexity index is 396. The van der Waals surface area contributed by atoms with Crippen molar-refractivity contribution in [2.75, 3.05) is 23.7 Å². The van der Waals surface area contributed by atoms with Crippen molar-refractivity contribution in [3.63, 3.8) is 0 Å². The summed E-state index contributed by atoms with van der Waals surface area (Å²) in [7, 11) is 0. The summed E-state index contributed by atoms with van der Waals surface area (Å²) < 4.78 is 0. The van der Waals surface area contributed by atoms with E-state index in [0.717, 1.165) is 36.7 Å². The molecule has 0 amide bonds. The lowest BCUT2D eigenvalue weighted by Crippen LogP contribution is -2.25. The fourth-order valence-corrected chi connectivity index (χ4v) is 1.61. The first kappa shape index (κ1) is 15.7. The van der Waals surface area contributed by atoms with Crippen molar-refractivity contribution in [1.29, 1.82) is 0 Å². The Morgan fingerprint density at radius 1 is 1.16 bits per heavy atom. The maximum atomic E-state index is 4.34. The molecule has 4 nitrogen and oxygen atoms in total. The molecule has 0 saturated heterocycles. The second-order valence-corrected chi connectivity index (χ2v) is 6.27. The van der Waals surface area contributed by atoms with E-state index in [1.54, 1.807) is 6.33 Å². The van der Waals surface area contributed by atoms with E-state index in [4.69, 9.17) is 0 Å². The van der Waals surface area contributed by atoms with Gasteiger partial charge in [-0.3, -0.25) is 0 Å². The Balaban J connectivity index is 2.69. The molecule has 1 aromatic heterocycles. The van der Waals surface area contributed by atoms with E-state index in [0.29, 0.717) is 11.3 Å². The fourth-order valence-electron chi connectivity index (χ4n) is 1.61. The molecule has 0 aliphatic heterocycles. The normalized spacial score (nSPS) is 13.2. The second-order valence-electron chi connectivity index (χ2n) is 6.27. The first-order valence-corrected chi connectivity index (χ1v) is 7.15. The van der Waals surface area contributed by atoms with Gasteiger partial charge in [0.05, 0.1) is 0 Å². The third-order valence-corrected chi connectivity index (χ3v) is 3.68. The Labute approximate surface area is 117 Å². The number of hydrogen-bond donors (Lipinski definition) is 2. The standard InChI is InChI=1S/C15H28N4/c1-7-8-16-13-12(3)14(19-10-18-13)17-9-11(2)15(4,5)6/h10-11H,7-9H2,1-6H3,(H2,16,17,18,19). The molecule has 0 aliphatic rings. The molecule has 0 fully saturated rings. The largest absolute Gasteiger partial charge is 0.370 e. The summed E-state index contributed by atoms with van der Waals surface area (Å²) in [6.07, 6.45) is 2.71. The van der Waals surface area contributed by atoms with E-state index >= 15 is 0 Å². The molecule has 19 heavy (non-hydrogen) atoms. The van der Waals surface area contributed by atoms with Gasteiger partial charge in [0.15, 0.2) is 0 Å². The molecule has 0 aromatic carbocycles. The molecule has 1 heterocycles. The van der Waals surface area contributed by atoms with Gasteiger partial charge >= 0.3 is 0 Å². The first-order valence-electron chi connectivity index (χ1n) is 7.15. The van der Waals surface area contributed by atoms with Gasteiger partial charge in [-0.2, -0.15) is 0 Å². The molecule has 1 atom stereocenters. The Morgan fingerprint density at radius 2 is 1.74 bits per heavy atom. The van der Waals surface area contributed by atoms with Crippen molar-refractivity contribution < 1.29 is 0 Å². The van der Waals surface area contributed by atoms with Gasteiger partial charge in [0.2, 0.25) is 0 Å². The smallest absolute Gasteiger partial charge is 0.134 e. The zero-order valence-electron chi connectivity index (χ0n) is 13.2. The van der Waals surface area contributed by atoms with Crippen LogP contribution in [0.5, 0.6) is 0 Å². The lowest BCUT2D eigenvalue weighted by Gasteiger charge is -2.27. The molecule has 0 radical (unpaired) electrons. The van der Waals surface area contributed by atoms with Gasteiger partial charge in [-0.15, -0.1) is 0 Å². The average molecular weight is 264 g/mol. The summed E-state index contributed by atoms with van der Waals surface area (Å²) in [4.78, 5) is 8.63. The Morgan fingerprint density at radius 3 is 2.26 bits per heavy atom. The number of hydrogen-bond acceptors (Lipinski definition) is 4. The van der Waals surface area contributed by atoms with Crippen LogP contribution >= 0.6 is 0 Å². The van der Waals surface area contributed by atoms with Crippen molar-refractivity contribution in [3.05, 3.63) is 11.9 Å². The van der Waals surface area contributed by atoms with Crippen LogP contribution < -0.4 is 10.6 Å².